The zero-order valence-corrected chi connectivity index (χ0v) is 8.27. The number of ether oxygens (including phenoxy) is 2. The van der Waals surface area contributed by atoms with E-state index >= 15 is 0 Å². The van der Waals surface area contributed by atoms with Crippen molar-refractivity contribution < 1.29 is 19.4 Å². The molecule has 14 heavy (non-hydrogen) atoms. The van der Waals surface area contributed by atoms with Crippen LogP contribution in [0.3, 0.4) is 0 Å². The number of hydrogen-bond acceptors (Lipinski definition) is 4. The van der Waals surface area contributed by atoms with Crippen LogP contribution in [0.1, 0.15) is 6.92 Å². The lowest BCUT2D eigenvalue weighted by Crippen LogP contribution is -2.23. The highest BCUT2D eigenvalue weighted by atomic mass is 16.6. The van der Waals surface area contributed by atoms with E-state index < -0.39 is 17.7 Å². The molecule has 0 spiro atoms. The third-order valence-corrected chi connectivity index (χ3v) is 2.06. The molecule has 1 heterocycles. The predicted octanol–water partition coefficient (Wildman–Crippen LogP) is 0.422. The van der Waals surface area contributed by atoms with Crippen LogP contribution in [0.2, 0.25) is 0 Å². The van der Waals surface area contributed by atoms with Gasteiger partial charge in [-0.05, 0) is 6.92 Å². The molecule has 0 aromatic carbocycles. The topological polar surface area (TPSA) is 59.1 Å². The van der Waals surface area contributed by atoms with Gasteiger partial charge in [0.15, 0.2) is 0 Å². The molecule has 1 N–H and O–H groups in total. The zero-order valence-electron chi connectivity index (χ0n) is 8.27. The standard InChI is InChI=1S/C10H14O4/c1-10(7-14-10)8(11)5-3-4-6-9(12)13-2/h3-6,8,11H,7H2,1-2H3/b5-3+,6-4+/t8-,10-/m1/s1. The third kappa shape index (κ3) is 2.97. The Hall–Kier alpha value is -1.13. The van der Waals surface area contributed by atoms with Crippen molar-refractivity contribution in [3.63, 3.8) is 0 Å². The number of carbonyl (C=O) groups is 1. The summed E-state index contributed by atoms with van der Waals surface area (Å²) < 4.78 is 9.43. The van der Waals surface area contributed by atoms with E-state index in [1.165, 1.54) is 19.3 Å². The van der Waals surface area contributed by atoms with Gasteiger partial charge in [0.05, 0.1) is 13.7 Å². The Kier molecular flexibility index (Phi) is 3.43. The second-order valence-corrected chi connectivity index (χ2v) is 3.31. The van der Waals surface area contributed by atoms with Gasteiger partial charge in [-0.25, -0.2) is 4.79 Å². The maximum Gasteiger partial charge on any atom is 0.330 e. The number of rotatable bonds is 4. The third-order valence-electron chi connectivity index (χ3n) is 2.06. The molecule has 2 atom stereocenters. The molecule has 0 bridgehead atoms. The molecule has 0 aliphatic carbocycles. The summed E-state index contributed by atoms with van der Waals surface area (Å²) in [7, 11) is 1.31. The molecule has 1 aliphatic heterocycles. The van der Waals surface area contributed by atoms with Gasteiger partial charge in [-0.3, -0.25) is 0 Å². The van der Waals surface area contributed by atoms with Crippen molar-refractivity contribution in [2.75, 3.05) is 13.7 Å². The van der Waals surface area contributed by atoms with Crippen molar-refractivity contribution in [3.8, 4) is 0 Å². The largest absolute Gasteiger partial charge is 0.466 e. The van der Waals surface area contributed by atoms with Crippen molar-refractivity contribution in [3.05, 3.63) is 24.3 Å². The molecule has 1 rings (SSSR count). The van der Waals surface area contributed by atoms with Crippen LogP contribution in [-0.4, -0.2) is 36.5 Å². The second kappa shape index (κ2) is 4.39. The van der Waals surface area contributed by atoms with Gasteiger partial charge in [0.1, 0.15) is 11.7 Å². The number of allylic oxidation sites excluding steroid dienone is 2. The van der Waals surface area contributed by atoms with E-state index in [9.17, 15) is 9.90 Å². The molecule has 1 aliphatic rings. The summed E-state index contributed by atoms with van der Waals surface area (Å²) in [4.78, 5) is 10.6. The van der Waals surface area contributed by atoms with Gasteiger partial charge in [-0.2, -0.15) is 0 Å². The highest BCUT2D eigenvalue weighted by molar-refractivity contribution is 5.82. The van der Waals surface area contributed by atoms with E-state index in [1.807, 2.05) is 6.92 Å². The van der Waals surface area contributed by atoms with Crippen LogP contribution < -0.4 is 0 Å². The number of epoxide rings is 1. The molecule has 1 saturated heterocycles. The first-order chi connectivity index (χ1) is 6.58. The molecule has 78 valence electrons. The fraction of sp³-hybridized carbons (Fsp3) is 0.500. The van der Waals surface area contributed by atoms with Crippen LogP contribution in [0.15, 0.2) is 24.3 Å². The molecule has 1 fully saturated rings. The lowest BCUT2D eigenvalue weighted by Gasteiger charge is -2.08. The normalized spacial score (nSPS) is 28.2. The average molecular weight is 198 g/mol. The van der Waals surface area contributed by atoms with E-state index in [4.69, 9.17) is 4.74 Å². The van der Waals surface area contributed by atoms with E-state index in [-0.39, 0.29) is 0 Å². The summed E-state index contributed by atoms with van der Waals surface area (Å²) in [5, 5.41) is 9.51. The van der Waals surface area contributed by atoms with Crippen molar-refractivity contribution in [1.82, 2.24) is 0 Å². The first-order valence-corrected chi connectivity index (χ1v) is 4.33. The number of hydrogen-bond donors (Lipinski definition) is 1. The summed E-state index contributed by atoms with van der Waals surface area (Å²) in [6.45, 7) is 2.39. The number of esters is 1. The molecular weight excluding hydrogens is 184 g/mol. The summed E-state index contributed by atoms with van der Waals surface area (Å²) >= 11 is 0. The number of aliphatic hydroxyl groups is 1. The van der Waals surface area contributed by atoms with Crippen molar-refractivity contribution in [2.24, 2.45) is 0 Å². The van der Waals surface area contributed by atoms with Gasteiger partial charge in [-0.1, -0.05) is 18.2 Å². The van der Waals surface area contributed by atoms with E-state index in [2.05, 4.69) is 4.74 Å². The minimum Gasteiger partial charge on any atom is -0.466 e. The molecule has 4 heteroatoms. The van der Waals surface area contributed by atoms with Crippen LogP contribution in [-0.2, 0) is 14.3 Å². The van der Waals surface area contributed by atoms with Gasteiger partial charge in [-0.15, -0.1) is 0 Å². The molecule has 0 aromatic rings. The van der Waals surface area contributed by atoms with Gasteiger partial charge >= 0.3 is 5.97 Å². The minimum atomic E-state index is -0.634. The van der Waals surface area contributed by atoms with Gasteiger partial charge < -0.3 is 14.6 Å². The SMILES string of the molecule is COC(=O)/C=C/C=C/[C@@H](O)[C@@]1(C)CO1. The Morgan fingerprint density at radius 1 is 1.64 bits per heavy atom. The average Bonchev–Trinajstić information content (AvgIpc) is 2.91. The van der Waals surface area contributed by atoms with Crippen molar-refractivity contribution in [2.45, 2.75) is 18.6 Å². The quantitative estimate of drug-likeness (QED) is 0.308. The van der Waals surface area contributed by atoms with Gasteiger partial charge in [0.25, 0.3) is 0 Å². The molecule has 4 nitrogen and oxygen atoms in total. The zero-order chi connectivity index (χ0) is 10.6. The molecule has 0 radical (unpaired) electrons. The number of carbonyl (C=O) groups excluding carboxylic acids is 1. The fourth-order valence-electron chi connectivity index (χ4n) is 0.860. The molecule has 0 unspecified atom stereocenters. The fourth-order valence-corrected chi connectivity index (χ4v) is 0.860. The van der Waals surface area contributed by atoms with Crippen LogP contribution in [0.4, 0.5) is 0 Å². The molecular formula is C10H14O4. The maximum absolute atomic E-state index is 10.6. The summed E-state index contributed by atoms with van der Waals surface area (Å²) in [5.74, 6) is -0.418. The van der Waals surface area contributed by atoms with E-state index in [1.54, 1.807) is 12.2 Å². The summed E-state index contributed by atoms with van der Waals surface area (Å²) in [5.41, 5.74) is -0.435. The van der Waals surface area contributed by atoms with E-state index in [0.29, 0.717) is 6.61 Å². The molecule has 0 aromatic heterocycles. The van der Waals surface area contributed by atoms with Gasteiger partial charge in [0.2, 0.25) is 0 Å². The van der Waals surface area contributed by atoms with Crippen LogP contribution >= 0.6 is 0 Å². The monoisotopic (exact) mass is 198 g/mol. The highest BCUT2D eigenvalue weighted by Crippen LogP contribution is 2.30. The lowest BCUT2D eigenvalue weighted by molar-refractivity contribution is -0.134. The van der Waals surface area contributed by atoms with Crippen molar-refractivity contribution in [1.29, 1.82) is 0 Å². The summed E-state index contributed by atoms with van der Waals surface area (Å²) in [6, 6.07) is 0. The van der Waals surface area contributed by atoms with Gasteiger partial charge in [0, 0.05) is 6.08 Å². The Morgan fingerprint density at radius 2 is 2.29 bits per heavy atom. The Morgan fingerprint density at radius 3 is 2.79 bits per heavy atom. The second-order valence-electron chi connectivity index (χ2n) is 3.31. The lowest BCUT2D eigenvalue weighted by atomic mass is 10.1. The molecule has 0 amide bonds. The van der Waals surface area contributed by atoms with Crippen LogP contribution in [0, 0.1) is 0 Å². The van der Waals surface area contributed by atoms with Crippen LogP contribution in [0.5, 0.6) is 0 Å². The Bertz CT molecular complexity index is 263. The smallest absolute Gasteiger partial charge is 0.330 e. The highest BCUT2D eigenvalue weighted by Gasteiger charge is 2.45. The van der Waals surface area contributed by atoms with Crippen LogP contribution in [0.25, 0.3) is 0 Å². The number of aliphatic hydroxyl groups excluding tert-OH is 1. The Labute approximate surface area is 82.8 Å². The van der Waals surface area contributed by atoms with Crippen molar-refractivity contribution >= 4 is 5.97 Å². The Balaban J connectivity index is 2.33. The van der Waals surface area contributed by atoms with E-state index in [0.717, 1.165) is 0 Å². The predicted molar refractivity (Wildman–Crippen MR) is 50.7 cm³/mol. The summed E-state index contributed by atoms with van der Waals surface area (Å²) in [6.07, 6.45) is 5.32. The maximum atomic E-state index is 10.6. The number of methoxy groups -OCH3 is 1. The first-order valence-electron chi connectivity index (χ1n) is 4.33. The first kappa shape index (κ1) is 10.9. The minimum absolute atomic E-state index is 0.418. The molecule has 0 saturated carbocycles.